The number of piperidine rings is 1. The van der Waals surface area contributed by atoms with E-state index in [9.17, 15) is 4.79 Å². The third-order valence-corrected chi connectivity index (χ3v) is 5.27. The molecule has 1 amide bonds. The zero-order valence-corrected chi connectivity index (χ0v) is 17.9. The van der Waals surface area contributed by atoms with Crippen molar-refractivity contribution in [3.63, 3.8) is 0 Å². The van der Waals surface area contributed by atoms with Gasteiger partial charge in [-0.25, -0.2) is 9.97 Å². The number of carbonyl (C=O) groups excluding carboxylic acids is 1. The molecule has 31 heavy (non-hydrogen) atoms. The van der Waals surface area contributed by atoms with Gasteiger partial charge in [-0.3, -0.25) is 4.79 Å². The topological polar surface area (TPSA) is 79.4 Å². The SMILES string of the molecule is COc1ccccc1C(=O)Nc1ccc(Nc2cc(N3CCCCC3)nc(C)n2)cc1. The van der Waals surface area contributed by atoms with Gasteiger partial charge in [-0.05, 0) is 62.6 Å². The number of nitrogens with zero attached hydrogens (tertiary/aromatic N) is 3. The van der Waals surface area contributed by atoms with Crippen LogP contribution in [0.2, 0.25) is 0 Å². The lowest BCUT2D eigenvalue weighted by Gasteiger charge is -2.28. The highest BCUT2D eigenvalue weighted by Crippen LogP contribution is 2.24. The smallest absolute Gasteiger partial charge is 0.259 e. The van der Waals surface area contributed by atoms with Gasteiger partial charge in [0.15, 0.2) is 0 Å². The fraction of sp³-hybridized carbons (Fsp3) is 0.292. The minimum Gasteiger partial charge on any atom is -0.496 e. The summed E-state index contributed by atoms with van der Waals surface area (Å²) in [5.41, 5.74) is 2.08. The van der Waals surface area contributed by atoms with Crippen LogP contribution in [0.25, 0.3) is 0 Å². The number of benzene rings is 2. The first-order valence-corrected chi connectivity index (χ1v) is 10.5. The van der Waals surface area contributed by atoms with Gasteiger partial charge in [-0.2, -0.15) is 0 Å². The minimum absolute atomic E-state index is 0.212. The number of carbonyl (C=O) groups is 1. The van der Waals surface area contributed by atoms with Crippen LogP contribution in [0.5, 0.6) is 5.75 Å². The number of methoxy groups -OCH3 is 1. The van der Waals surface area contributed by atoms with E-state index in [-0.39, 0.29) is 5.91 Å². The molecule has 2 aromatic carbocycles. The van der Waals surface area contributed by atoms with Crippen LogP contribution in [-0.2, 0) is 0 Å². The second kappa shape index (κ2) is 9.47. The average molecular weight is 418 g/mol. The van der Waals surface area contributed by atoms with Gasteiger partial charge in [0.05, 0.1) is 12.7 Å². The van der Waals surface area contributed by atoms with E-state index in [4.69, 9.17) is 4.74 Å². The second-order valence-electron chi connectivity index (χ2n) is 7.56. The Morgan fingerprint density at radius 2 is 1.68 bits per heavy atom. The molecule has 1 aliphatic heterocycles. The largest absolute Gasteiger partial charge is 0.496 e. The monoisotopic (exact) mass is 417 g/mol. The van der Waals surface area contributed by atoms with Crippen molar-refractivity contribution in [2.75, 3.05) is 35.7 Å². The molecule has 2 heterocycles. The van der Waals surface area contributed by atoms with Crippen molar-refractivity contribution in [3.05, 3.63) is 66.0 Å². The lowest BCUT2D eigenvalue weighted by atomic mass is 10.1. The van der Waals surface area contributed by atoms with Gasteiger partial charge >= 0.3 is 0 Å². The number of amides is 1. The van der Waals surface area contributed by atoms with Crippen molar-refractivity contribution in [3.8, 4) is 5.75 Å². The Morgan fingerprint density at radius 3 is 2.42 bits per heavy atom. The van der Waals surface area contributed by atoms with Crippen molar-refractivity contribution in [2.24, 2.45) is 0 Å². The number of rotatable bonds is 6. The van der Waals surface area contributed by atoms with Crippen LogP contribution in [0.4, 0.5) is 23.0 Å². The van der Waals surface area contributed by atoms with Gasteiger partial charge in [0.2, 0.25) is 0 Å². The summed E-state index contributed by atoms with van der Waals surface area (Å²) in [6.45, 7) is 3.99. The first kappa shape index (κ1) is 20.7. The van der Waals surface area contributed by atoms with Crippen molar-refractivity contribution in [1.82, 2.24) is 9.97 Å². The zero-order chi connectivity index (χ0) is 21.6. The van der Waals surface area contributed by atoms with Crippen LogP contribution in [0, 0.1) is 6.92 Å². The summed E-state index contributed by atoms with van der Waals surface area (Å²) in [6, 6.07) is 16.7. The molecule has 1 saturated heterocycles. The summed E-state index contributed by atoms with van der Waals surface area (Å²) in [5.74, 6) is 2.80. The summed E-state index contributed by atoms with van der Waals surface area (Å²) < 4.78 is 5.27. The minimum atomic E-state index is -0.212. The Balaban J connectivity index is 1.44. The van der Waals surface area contributed by atoms with Crippen LogP contribution < -0.4 is 20.3 Å². The molecule has 4 rings (SSSR count). The third kappa shape index (κ3) is 5.12. The molecular formula is C24H27N5O2. The molecule has 160 valence electrons. The molecule has 1 aromatic heterocycles. The standard InChI is InChI=1S/C24H27N5O2/c1-17-25-22(16-23(26-17)29-14-6-3-7-15-29)27-18-10-12-19(13-11-18)28-24(30)20-8-4-5-9-21(20)31-2/h4-5,8-13,16H,3,6-7,14-15H2,1-2H3,(H,28,30)(H,25,26,27). The molecule has 0 saturated carbocycles. The van der Waals surface area contributed by atoms with Gasteiger partial charge in [-0.1, -0.05) is 12.1 Å². The molecule has 0 unspecified atom stereocenters. The molecule has 1 fully saturated rings. The van der Waals surface area contributed by atoms with Gasteiger partial charge in [0, 0.05) is 30.5 Å². The van der Waals surface area contributed by atoms with Gasteiger partial charge < -0.3 is 20.3 Å². The summed E-state index contributed by atoms with van der Waals surface area (Å²) in [5, 5.41) is 6.25. The third-order valence-electron chi connectivity index (χ3n) is 5.27. The number of hydrogen-bond acceptors (Lipinski definition) is 6. The fourth-order valence-electron chi connectivity index (χ4n) is 3.72. The molecule has 3 aromatic rings. The quantitative estimate of drug-likeness (QED) is 0.601. The second-order valence-corrected chi connectivity index (χ2v) is 7.56. The highest BCUT2D eigenvalue weighted by atomic mass is 16.5. The molecule has 0 aliphatic carbocycles. The molecule has 0 spiro atoms. The van der Waals surface area contributed by atoms with E-state index in [0.717, 1.165) is 36.2 Å². The molecule has 0 atom stereocenters. The Kier molecular flexibility index (Phi) is 6.31. The maximum atomic E-state index is 12.6. The number of ether oxygens (including phenoxy) is 1. The lowest BCUT2D eigenvalue weighted by molar-refractivity contribution is 0.102. The Bertz CT molecular complexity index is 1050. The van der Waals surface area contributed by atoms with E-state index in [0.29, 0.717) is 17.0 Å². The van der Waals surface area contributed by atoms with E-state index < -0.39 is 0 Å². The molecule has 7 nitrogen and oxygen atoms in total. The van der Waals surface area contributed by atoms with Gasteiger partial charge in [0.1, 0.15) is 23.2 Å². The summed E-state index contributed by atoms with van der Waals surface area (Å²) in [6.07, 6.45) is 3.69. The number of hydrogen-bond donors (Lipinski definition) is 2. The van der Waals surface area contributed by atoms with Gasteiger partial charge in [0.25, 0.3) is 5.91 Å². The lowest BCUT2D eigenvalue weighted by Crippen LogP contribution is -2.30. The number of aryl methyl sites for hydroxylation is 1. The van der Waals surface area contributed by atoms with Crippen LogP contribution in [0.3, 0.4) is 0 Å². The number of para-hydroxylation sites is 1. The predicted octanol–water partition coefficient (Wildman–Crippen LogP) is 4.78. The number of anilines is 4. The van der Waals surface area contributed by atoms with Crippen LogP contribution >= 0.6 is 0 Å². The molecule has 1 aliphatic rings. The van der Waals surface area contributed by atoms with Crippen LogP contribution in [-0.4, -0.2) is 36.1 Å². The van der Waals surface area contributed by atoms with Gasteiger partial charge in [-0.15, -0.1) is 0 Å². The summed E-state index contributed by atoms with van der Waals surface area (Å²) in [7, 11) is 1.55. The number of aromatic nitrogens is 2. The van der Waals surface area contributed by atoms with E-state index in [1.165, 1.54) is 19.3 Å². The number of nitrogens with one attached hydrogen (secondary N) is 2. The normalized spacial score (nSPS) is 13.5. The Labute approximate surface area is 182 Å². The molecule has 0 bridgehead atoms. The van der Waals surface area contributed by atoms with Crippen molar-refractivity contribution in [2.45, 2.75) is 26.2 Å². The molecular weight excluding hydrogens is 390 g/mol. The first-order chi connectivity index (χ1) is 15.1. The highest BCUT2D eigenvalue weighted by molar-refractivity contribution is 6.06. The average Bonchev–Trinajstić information content (AvgIpc) is 2.80. The van der Waals surface area contributed by atoms with Crippen molar-refractivity contribution in [1.29, 1.82) is 0 Å². The zero-order valence-electron chi connectivity index (χ0n) is 17.9. The maximum absolute atomic E-state index is 12.6. The summed E-state index contributed by atoms with van der Waals surface area (Å²) in [4.78, 5) is 24.0. The maximum Gasteiger partial charge on any atom is 0.259 e. The van der Waals surface area contributed by atoms with E-state index in [1.54, 1.807) is 19.2 Å². The van der Waals surface area contributed by atoms with E-state index >= 15 is 0 Å². The molecule has 2 N–H and O–H groups in total. The summed E-state index contributed by atoms with van der Waals surface area (Å²) >= 11 is 0. The van der Waals surface area contributed by atoms with E-state index in [2.05, 4.69) is 25.5 Å². The van der Waals surface area contributed by atoms with Crippen LogP contribution in [0.15, 0.2) is 54.6 Å². The van der Waals surface area contributed by atoms with E-state index in [1.807, 2.05) is 49.4 Å². The van der Waals surface area contributed by atoms with Crippen molar-refractivity contribution >= 4 is 28.9 Å². The Morgan fingerprint density at radius 1 is 0.968 bits per heavy atom. The fourth-order valence-corrected chi connectivity index (χ4v) is 3.72. The molecule has 0 radical (unpaired) electrons. The van der Waals surface area contributed by atoms with Crippen LogP contribution in [0.1, 0.15) is 35.4 Å². The molecule has 7 heteroatoms. The predicted molar refractivity (Wildman–Crippen MR) is 124 cm³/mol. The van der Waals surface area contributed by atoms with Crippen molar-refractivity contribution < 1.29 is 9.53 Å². The highest BCUT2D eigenvalue weighted by Gasteiger charge is 2.14. The first-order valence-electron chi connectivity index (χ1n) is 10.5. The Hall–Kier alpha value is -3.61.